The van der Waals surface area contributed by atoms with Crippen molar-refractivity contribution in [1.82, 2.24) is 29.4 Å². The third-order valence-corrected chi connectivity index (χ3v) is 8.67. The summed E-state index contributed by atoms with van der Waals surface area (Å²) < 4.78 is 33.7. The highest BCUT2D eigenvalue weighted by atomic mass is 32.1. The van der Waals surface area contributed by atoms with Gasteiger partial charge in [0.1, 0.15) is 33.0 Å². The van der Waals surface area contributed by atoms with Gasteiger partial charge in [-0.05, 0) is 44.9 Å². The van der Waals surface area contributed by atoms with Crippen LogP contribution >= 0.6 is 11.3 Å². The molecule has 0 radical (unpaired) electrons. The van der Waals surface area contributed by atoms with Gasteiger partial charge in [-0.3, -0.25) is 14.2 Å². The number of carbonyl (C=O) groups excluding carboxylic acids is 1. The predicted molar refractivity (Wildman–Crippen MR) is 149 cm³/mol. The molecule has 12 nitrogen and oxygen atoms in total. The first-order chi connectivity index (χ1) is 19.7. The van der Waals surface area contributed by atoms with Crippen molar-refractivity contribution in [3.8, 4) is 10.8 Å². The molecule has 2 unspecified atom stereocenters. The van der Waals surface area contributed by atoms with Gasteiger partial charge in [0.25, 0.3) is 5.56 Å². The highest BCUT2D eigenvalue weighted by Gasteiger charge is 2.41. The van der Waals surface area contributed by atoms with E-state index in [1.165, 1.54) is 65.5 Å². The minimum Gasteiger partial charge on any atom is -0.496 e. The number of hydrogen-bond donors (Lipinski definition) is 1. The van der Waals surface area contributed by atoms with Gasteiger partial charge in [-0.25, -0.2) is 13.8 Å². The molecule has 1 fully saturated rings. The predicted octanol–water partition coefficient (Wildman–Crippen LogP) is 2.29. The molecule has 1 saturated heterocycles. The van der Waals surface area contributed by atoms with E-state index in [0.717, 1.165) is 4.57 Å². The lowest BCUT2D eigenvalue weighted by atomic mass is 9.91. The summed E-state index contributed by atoms with van der Waals surface area (Å²) in [5.41, 5.74) is -1.73. The Morgan fingerprint density at radius 2 is 1.93 bits per heavy atom. The molecule has 4 aromatic rings. The van der Waals surface area contributed by atoms with Crippen molar-refractivity contribution in [2.45, 2.75) is 44.9 Å². The number of halogens is 1. The van der Waals surface area contributed by atoms with Gasteiger partial charge >= 0.3 is 5.69 Å². The average Bonchev–Trinajstić information content (AvgIpc) is 3.60. The fraction of sp³-hybridized carbons (Fsp3) is 0.444. The molecule has 1 N–H and O–H groups in total. The fourth-order valence-electron chi connectivity index (χ4n) is 5.23. The minimum atomic E-state index is -1.41. The molecular weight excluding hydrogens is 555 g/mol. The molecule has 2 atom stereocenters. The number of carbonyl (C=O) groups is 1. The van der Waals surface area contributed by atoms with Crippen molar-refractivity contribution in [3.63, 3.8) is 0 Å². The van der Waals surface area contributed by atoms with Crippen LogP contribution in [0.2, 0.25) is 0 Å². The van der Waals surface area contributed by atoms with E-state index in [2.05, 4.69) is 15.5 Å². The van der Waals surface area contributed by atoms with Gasteiger partial charge in [0.15, 0.2) is 0 Å². The van der Waals surface area contributed by atoms with Crippen LogP contribution < -0.4 is 21.3 Å². The van der Waals surface area contributed by atoms with E-state index in [4.69, 9.17) is 14.2 Å². The number of aromatic nitrogens is 5. The number of benzene rings is 1. The third kappa shape index (κ3) is 5.06. The smallest absolute Gasteiger partial charge is 0.333 e. The van der Waals surface area contributed by atoms with Gasteiger partial charge in [0.05, 0.1) is 44.6 Å². The van der Waals surface area contributed by atoms with Crippen molar-refractivity contribution >= 4 is 27.5 Å². The van der Waals surface area contributed by atoms with Gasteiger partial charge in [0.2, 0.25) is 5.91 Å². The molecule has 5 rings (SSSR count). The van der Waals surface area contributed by atoms with Crippen LogP contribution in [0.1, 0.15) is 37.0 Å². The maximum atomic E-state index is 14.5. The molecule has 0 spiro atoms. The highest BCUT2D eigenvalue weighted by molar-refractivity contribution is 7.21. The summed E-state index contributed by atoms with van der Waals surface area (Å²) in [5, 5.41) is 12.0. The van der Waals surface area contributed by atoms with Crippen LogP contribution in [-0.4, -0.2) is 64.0 Å². The Morgan fingerprint density at radius 1 is 1.17 bits per heavy atom. The monoisotopic (exact) mass is 586 g/mol. The maximum Gasteiger partial charge on any atom is 0.333 e. The maximum absolute atomic E-state index is 14.5. The van der Waals surface area contributed by atoms with Crippen LogP contribution in [0.15, 0.2) is 40.2 Å². The summed E-state index contributed by atoms with van der Waals surface area (Å²) in [6.07, 6.45) is 3.06. The normalized spacial score (nSPS) is 18.0. The van der Waals surface area contributed by atoms with E-state index in [0.29, 0.717) is 46.1 Å². The summed E-state index contributed by atoms with van der Waals surface area (Å²) >= 11 is 1.17. The number of piperidine rings is 1. The third-order valence-electron chi connectivity index (χ3n) is 7.39. The van der Waals surface area contributed by atoms with Crippen LogP contribution in [0.25, 0.3) is 15.2 Å². The SMILES string of the molecule is COCCOC(Cn1c(=O)n(C2(C)CCCNC2=O)c(=O)c2c(C)c(-n3nccn3)sc21)c1cc(F)ccc1OC. The number of methoxy groups -OCH3 is 2. The standard InChI is InChI=1S/C27H31FN6O6S/c1-16-21-22(35)33(27(2)8-5-9-29-25(27)36)26(37)32(24(21)41-23(16)34-30-10-11-31-34)15-20(40-13-12-38-3)18-14-17(28)6-7-19(18)39-4/h6-7,10-11,14,20H,5,8-9,12-13,15H2,1-4H3,(H,29,36). The van der Waals surface area contributed by atoms with Crippen LogP contribution in [0, 0.1) is 12.7 Å². The number of fused-ring (bicyclic) bond motifs is 1. The first kappa shape index (κ1) is 28.6. The first-order valence-electron chi connectivity index (χ1n) is 13.1. The second-order valence-electron chi connectivity index (χ2n) is 9.94. The van der Waals surface area contributed by atoms with Crippen LogP contribution in [0.3, 0.4) is 0 Å². The number of nitrogens with one attached hydrogen (secondary N) is 1. The lowest BCUT2D eigenvalue weighted by molar-refractivity contribution is -0.131. The Hall–Kier alpha value is -3.88. The first-order valence-corrected chi connectivity index (χ1v) is 13.9. The van der Waals surface area contributed by atoms with Crippen LogP contribution in [0.5, 0.6) is 5.75 Å². The quantitative estimate of drug-likeness (QED) is 0.280. The summed E-state index contributed by atoms with van der Waals surface area (Å²) in [6.45, 7) is 4.10. The van der Waals surface area contributed by atoms with E-state index < -0.39 is 34.6 Å². The van der Waals surface area contributed by atoms with E-state index in [9.17, 15) is 18.8 Å². The Balaban J connectivity index is 1.78. The molecule has 3 aromatic heterocycles. The van der Waals surface area contributed by atoms with Gasteiger partial charge in [-0.15, -0.1) is 4.80 Å². The number of ether oxygens (including phenoxy) is 3. The summed E-state index contributed by atoms with van der Waals surface area (Å²) in [7, 11) is 2.99. The van der Waals surface area contributed by atoms with E-state index in [-0.39, 0.29) is 25.1 Å². The highest BCUT2D eigenvalue weighted by Crippen LogP contribution is 2.35. The number of amides is 1. The molecule has 1 aliphatic heterocycles. The largest absolute Gasteiger partial charge is 0.496 e. The number of hydrogen-bond acceptors (Lipinski definition) is 9. The topological polar surface area (TPSA) is 132 Å². The van der Waals surface area contributed by atoms with Crippen LogP contribution in [0.4, 0.5) is 4.39 Å². The zero-order valence-corrected chi connectivity index (χ0v) is 24.0. The molecule has 218 valence electrons. The minimum absolute atomic E-state index is 0.108. The summed E-state index contributed by atoms with van der Waals surface area (Å²) in [4.78, 5) is 43.3. The Labute approximate surface area is 238 Å². The molecule has 1 aliphatic rings. The zero-order valence-electron chi connectivity index (χ0n) is 23.2. The summed E-state index contributed by atoms with van der Waals surface area (Å²) in [5.74, 6) is -0.543. The molecule has 1 aromatic carbocycles. The second-order valence-corrected chi connectivity index (χ2v) is 10.9. The fourth-order valence-corrected chi connectivity index (χ4v) is 6.45. The molecular formula is C27H31FN6O6S. The lowest BCUT2D eigenvalue weighted by Crippen LogP contribution is -2.59. The van der Waals surface area contributed by atoms with E-state index >= 15 is 0 Å². The number of thiophene rings is 1. The number of aryl methyl sites for hydroxylation is 1. The molecule has 4 heterocycles. The van der Waals surface area contributed by atoms with Crippen LogP contribution in [-0.2, 0) is 26.4 Å². The van der Waals surface area contributed by atoms with Crippen molar-refractivity contribution in [3.05, 3.63) is 68.4 Å². The van der Waals surface area contributed by atoms with Gasteiger partial charge in [0, 0.05) is 24.8 Å². The molecule has 0 bridgehead atoms. The molecule has 0 saturated carbocycles. The second kappa shape index (κ2) is 11.5. The van der Waals surface area contributed by atoms with Gasteiger partial charge in [-0.2, -0.15) is 10.2 Å². The lowest BCUT2D eigenvalue weighted by Gasteiger charge is -2.34. The van der Waals surface area contributed by atoms with Crippen molar-refractivity contribution in [2.75, 3.05) is 34.0 Å². The zero-order chi connectivity index (χ0) is 29.3. The Kier molecular flexibility index (Phi) is 8.07. The molecule has 41 heavy (non-hydrogen) atoms. The number of nitrogens with zero attached hydrogens (tertiary/aromatic N) is 5. The van der Waals surface area contributed by atoms with E-state index in [1.54, 1.807) is 13.8 Å². The molecule has 14 heteroatoms. The Morgan fingerprint density at radius 3 is 2.61 bits per heavy atom. The molecule has 0 aliphatic carbocycles. The molecule has 1 amide bonds. The van der Waals surface area contributed by atoms with Crippen molar-refractivity contribution in [2.24, 2.45) is 0 Å². The van der Waals surface area contributed by atoms with Crippen molar-refractivity contribution in [1.29, 1.82) is 0 Å². The van der Waals surface area contributed by atoms with Gasteiger partial charge < -0.3 is 19.5 Å². The average molecular weight is 587 g/mol. The van der Waals surface area contributed by atoms with E-state index in [1.807, 2.05) is 0 Å². The Bertz CT molecular complexity index is 1700. The summed E-state index contributed by atoms with van der Waals surface area (Å²) in [6, 6.07) is 4.05. The van der Waals surface area contributed by atoms with Crippen molar-refractivity contribution < 1.29 is 23.4 Å². The van der Waals surface area contributed by atoms with Gasteiger partial charge in [-0.1, -0.05) is 11.3 Å². The number of rotatable bonds is 10.